The molecule has 2 N–H and O–H groups in total. The molecule has 3 heteroatoms. The van der Waals surface area contributed by atoms with Crippen LogP contribution >= 0.6 is 0 Å². The average molecular weight is 140 g/mol. The second-order valence-electron chi connectivity index (χ2n) is 2.13. The highest BCUT2D eigenvalue weighted by Gasteiger charge is 2.08. The molecule has 1 rings (SSSR count). The lowest BCUT2D eigenvalue weighted by atomic mass is 10.1. The maximum Gasteiger partial charge on any atom is 0.335 e. The van der Waals surface area contributed by atoms with Gasteiger partial charge in [0.05, 0.1) is 11.7 Å². The molecule has 0 bridgehead atoms. The second-order valence-corrected chi connectivity index (χ2v) is 2.13. The Bertz CT molecular complexity index is 203. The lowest BCUT2D eigenvalue weighted by Gasteiger charge is -2.06. The molecule has 0 saturated carbocycles. The largest absolute Gasteiger partial charge is 0.478 e. The lowest BCUT2D eigenvalue weighted by molar-refractivity contribution is -0.132. The van der Waals surface area contributed by atoms with Crippen LogP contribution in [0.1, 0.15) is 6.42 Å². The molecule has 0 amide bonds. The zero-order valence-electron chi connectivity index (χ0n) is 5.32. The van der Waals surface area contributed by atoms with Gasteiger partial charge in [0, 0.05) is 0 Å². The Kier molecular flexibility index (Phi) is 1.87. The summed E-state index contributed by atoms with van der Waals surface area (Å²) in [7, 11) is 0. The third kappa shape index (κ3) is 1.45. The number of aliphatic hydroxyl groups is 1. The fourth-order valence-corrected chi connectivity index (χ4v) is 0.768. The van der Waals surface area contributed by atoms with Crippen LogP contribution in [0.15, 0.2) is 23.8 Å². The van der Waals surface area contributed by atoms with Gasteiger partial charge in [-0.05, 0) is 12.5 Å². The Morgan fingerprint density at radius 2 is 2.40 bits per heavy atom. The highest BCUT2D eigenvalue weighted by Crippen LogP contribution is 2.09. The molecule has 1 unspecified atom stereocenters. The number of carbonyl (C=O) groups is 1. The normalized spacial score (nSPS) is 24.1. The topological polar surface area (TPSA) is 57.5 Å². The van der Waals surface area contributed by atoms with Gasteiger partial charge < -0.3 is 10.2 Å². The molecule has 10 heavy (non-hydrogen) atoms. The van der Waals surface area contributed by atoms with E-state index in [1.54, 1.807) is 0 Å². The van der Waals surface area contributed by atoms with E-state index in [0.717, 1.165) is 0 Å². The van der Waals surface area contributed by atoms with Crippen molar-refractivity contribution in [2.45, 2.75) is 12.5 Å². The minimum atomic E-state index is -0.942. The first-order valence-electron chi connectivity index (χ1n) is 3.00. The first kappa shape index (κ1) is 7.02. The summed E-state index contributed by atoms with van der Waals surface area (Å²) in [6.45, 7) is 0. The molecule has 0 aromatic rings. The summed E-state index contributed by atoms with van der Waals surface area (Å²) in [6, 6.07) is 0. The smallest absolute Gasteiger partial charge is 0.335 e. The Hall–Kier alpha value is -1.09. The SMILES string of the molecule is O=C(O)C1=CCC(O)C=C1. The summed E-state index contributed by atoms with van der Waals surface area (Å²) < 4.78 is 0. The minimum Gasteiger partial charge on any atom is -0.478 e. The van der Waals surface area contributed by atoms with E-state index in [4.69, 9.17) is 10.2 Å². The van der Waals surface area contributed by atoms with Gasteiger partial charge in [0.1, 0.15) is 0 Å². The van der Waals surface area contributed by atoms with E-state index in [2.05, 4.69) is 0 Å². The van der Waals surface area contributed by atoms with Gasteiger partial charge in [0.2, 0.25) is 0 Å². The molecule has 1 atom stereocenters. The summed E-state index contributed by atoms with van der Waals surface area (Å²) in [5.41, 5.74) is 0.255. The molecule has 0 spiro atoms. The zero-order valence-corrected chi connectivity index (χ0v) is 5.32. The molecule has 54 valence electrons. The molecule has 0 fully saturated rings. The van der Waals surface area contributed by atoms with Crippen molar-refractivity contribution in [3.8, 4) is 0 Å². The number of hydrogen-bond donors (Lipinski definition) is 2. The van der Waals surface area contributed by atoms with Gasteiger partial charge in [0.15, 0.2) is 0 Å². The van der Waals surface area contributed by atoms with Crippen LogP contribution < -0.4 is 0 Å². The van der Waals surface area contributed by atoms with Crippen molar-refractivity contribution in [3.05, 3.63) is 23.8 Å². The van der Waals surface area contributed by atoms with Crippen LogP contribution in [0, 0.1) is 0 Å². The third-order valence-electron chi connectivity index (χ3n) is 1.32. The standard InChI is InChI=1S/C7H8O3/c8-6-3-1-5(2-4-6)7(9)10/h1-3,6,8H,4H2,(H,9,10). The number of aliphatic hydroxyl groups excluding tert-OH is 1. The molecule has 0 saturated heterocycles. The van der Waals surface area contributed by atoms with Crippen LogP contribution in [-0.2, 0) is 4.79 Å². The Morgan fingerprint density at radius 3 is 2.80 bits per heavy atom. The van der Waals surface area contributed by atoms with Gasteiger partial charge in [-0.2, -0.15) is 0 Å². The van der Waals surface area contributed by atoms with E-state index in [-0.39, 0.29) is 5.57 Å². The van der Waals surface area contributed by atoms with Crippen LogP contribution in [0.3, 0.4) is 0 Å². The van der Waals surface area contributed by atoms with Crippen molar-refractivity contribution in [3.63, 3.8) is 0 Å². The quantitative estimate of drug-likeness (QED) is 0.551. The van der Waals surface area contributed by atoms with Crippen molar-refractivity contribution >= 4 is 5.97 Å². The van der Waals surface area contributed by atoms with Crippen molar-refractivity contribution < 1.29 is 15.0 Å². The van der Waals surface area contributed by atoms with E-state index in [1.807, 2.05) is 0 Å². The van der Waals surface area contributed by atoms with Crippen molar-refractivity contribution in [2.24, 2.45) is 0 Å². The van der Waals surface area contributed by atoms with Crippen LogP contribution in [-0.4, -0.2) is 22.3 Å². The van der Waals surface area contributed by atoms with E-state index in [9.17, 15) is 4.79 Å². The lowest BCUT2D eigenvalue weighted by Crippen LogP contribution is -2.08. The summed E-state index contributed by atoms with van der Waals surface area (Å²) in [4.78, 5) is 10.3. The van der Waals surface area contributed by atoms with Crippen LogP contribution in [0.5, 0.6) is 0 Å². The molecular formula is C7H8O3. The predicted octanol–water partition coefficient (Wildman–Crippen LogP) is 0.318. The van der Waals surface area contributed by atoms with Gasteiger partial charge in [0.25, 0.3) is 0 Å². The average Bonchev–Trinajstić information content (AvgIpc) is 1.88. The summed E-state index contributed by atoms with van der Waals surface area (Å²) in [5.74, 6) is -0.942. The Labute approximate surface area is 58.3 Å². The molecule has 0 radical (unpaired) electrons. The van der Waals surface area contributed by atoms with Gasteiger partial charge in [-0.25, -0.2) is 4.79 Å². The zero-order chi connectivity index (χ0) is 7.56. The molecule has 0 aromatic carbocycles. The van der Waals surface area contributed by atoms with Gasteiger partial charge in [-0.15, -0.1) is 0 Å². The van der Waals surface area contributed by atoms with Crippen LogP contribution in [0.2, 0.25) is 0 Å². The highest BCUT2D eigenvalue weighted by atomic mass is 16.4. The third-order valence-corrected chi connectivity index (χ3v) is 1.32. The molecule has 1 aliphatic carbocycles. The second kappa shape index (κ2) is 2.66. The van der Waals surface area contributed by atoms with E-state index in [1.165, 1.54) is 18.2 Å². The molecule has 0 heterocycles. The van der Waals surface area contributed by atoms with Crippen molar-refractivity contribution in [2.75, 3.05) is 0 Å². The summed E-state index contributed by atoms with van der Waals surface area (Å²) in [5, 5.41) is 17.3. The van der Waals surface area contributed by atoms with Crippen molar-refractivity contribution in [1.82, 2.24) is 0 Å². The Balaban J connectivity index is 2.67. The molecule has 3 nitrogen and oxygen atoms in total. The predicted molar refractivity (Wildman–Crippen MR) is 35.5 cm³/mol. The van der Waals surface area contributed by atoms with E-state index < -0.39 is 12.1 Å². The molecule has 1 aliphatic rings. The van der Waals surface area contributed by atoms with Crippen LogP contribution in [0.25, 0.3) is 0 Å². The number of carboxylic acid groups (broad SMARTS) is 1. The minimum absolute atomic E-state index is 0.255. The van der Waals surface area contributed by atoms with Gasteiger partial charge in [-0.1, -0.05) is 12.2 Å². The maximum absolute atomic E-state index is 10.3. The first-order valence-corrected chi connectivity index (χ1v) is 3.00. The molecule has 0 aromatic heterocycles. The number of rotatable bonds is 1. The maximum atomic E-state index is 10.3. The molecular weight excluding hydrogens is 132 g/mol. The monoisotopic (exact) mass is 140 g/mol. The number of aliphatic carboxylic acids is 1. The number of carboxylic acids is 1. The highest BCUT2D eigenvalue weighted by molar-refractivity contribution is 5.90. The van der Waals surface area contributed by atoms with Crippen molar-refractivity contribution in [1.29, 1.82) is 0 Å². The van der Waals surface area contributed by atoms with E-state index in [0.29, 0.717) is 6.42 Å². The van der Waals surface area contributed by atoms with Gasteiger partial charge in [-0.3, -0.25) is 0 Å². The Morgan fingerprint density at radius 1 is 1.70 bits per heavy atom. The fourth-order valence-electron chi connectivity index (χ4n) is 0.768. The van der Waals surface area contributed by atoms with Crippen LogP contribution in [0.4, 0.5) is 0 Å². The number of hydrogen-bond acceptors (Lipinski definition) is 2. The summed E-state index contributed by atoms with van der Waals surface area (Å²) >= 11 is 0. The van der Waals surface area contributed by atoms with E-state index >= 15 is 0 Å². The summed E-state index contributed by atoms with van der Waals surface area (Å²) in [6.07, 6.45) is 4.29. The van der Waals surface area contributed by atoms with Gasteiger partial charge >= 0.3 is 5.97 Å². The molecule has 0 aliphatic heterocycles. The first-order chi connectivity index (χ1) is 4.70. The fraction of sp³-hybridized carbons (Fsp3) is 0.286.